The lowest BCUT2D eigenvalue weighted by atomic mass is 9.84. The molecule has 1 atom stereocenters. The predicted octanol–water partition coefficient (Wildman–Crippen LogP) is 4.31. The number of halogens is 1. The van der Waals surface area contributed by atoms with E-state index in [4.69, 9.17) is 26.2 Å². The van der Waals surface area contributed by atoms with E-state index in [1.54, 1.807) is 24.3 Å². The lowest BCUT2D eigenvalue weighted by Crippen LogP contribution is -2.63. The molecule has 2 heterocycles. The molecule has 2 aliphatic rings. The largest absolute Gasteiger partial charge is 0.490 e. The van der Waals surface area contributed by atoms with E-state index in [1.807, 2.05) is 31.2 Å². The van der Waals surface area contributed by atoms with Crippen molar-refractivity contribution in [2.24, 2.45) is 0 Å². The number of nitrogens with zero attached hydrogens (tertiary/aromatic N) is 1. The summed E-state index contributed by atoms with van der Waals surface area (Å²) < 4.78 is 11.7. The molecule has 7 nitrogen and oxygen atoms in total. The van der Waals surface area contributed by atoms with Crippen LogP contribution in [0.4, 0.5) is 0 Å². The Kier molecular flexibility index (Phi) is 7.76. The topological polar surface area (TPSA) is 88.1 Å². The van der Waals surface area contributed by atoms with Crippen molar-refractivity contribution in [2.45, 2.75) is 50.3 Å². The highest BCUT2D eigenvalue weighted by atomic mass is 35.5. The fraction of sp³-hybridized carbons (Fsp3) is 0.462. The van der Waals surface area contributed by atoms with Gasteiger partial charge in [0.15, 0.2) is 0 Å². The Balaban J connectivity index is 1.41. The Morgan fingerprint density at radius 3 is 2.44 bits per heavy atom. The number of carboxylic acids is 1. The number of ether oxygens (including phenoxy) is 2. The maximum absolute atomic E-state index is 13.6. The second kappa shape index (κ2) is 10.8. The summed E-state index contributed by atoms with van der Waals surface area (Å²) in [6, 6.07) is 13.8. The van der Waals surface area contributed by atoms with Crippen molar-refractivity contribution in [1.29, 1.82) is 0 Å². The van der Waals surface area contributed by atoms with Gasteiger partial charge in [-0.1, -0.05) is 29.8 Å². The monoisotopic (exact) mass is 486 g/mol. The average Bonchev–Trinajstić information content (AvgIpc) is 2.85. The summed E-state index contributed by atoms with van der Waals surface area (Å²) >= 11 is 6.08. The lowest BCUT2D eigenvalue weighted by Gasteiger charge is -2.47. The first-order chi connectivity index (χ1) is 16.4. The molecule has 2 aromatic carbocycles. The second-order valence-electron chi connectivity index (χ2n) is 9.03. The number of piperidine rings is 1. The van der Waals surface area contributed by atoms with Gasteiger partial charge in [0.1, 0.15) is 17.4 Å². The highest BCUT2D eigenvalue weighted by molar-refractivity contribution is 6.30. The van der Waals surface area contributed by atoms with Crippen LogP contribution < -0.4 is 10.1 Å². The maximum Gasteiger partial charge on any atom is 0.335 e. The van der Waals surface area contributed by atoms with Gasteiger partial charge in [0.25, 0.3) is 0 Å². The number of carbonyl (C=O) groups excluding carboxylic acids is 1. The number of aromatic carboxylic acids is 1. The number of nitrogens with one attached hydrogen (secondary N) is 1. The Bertz CT molecular complexity index is 999. The summed E-state index contributed by atoms with van der Waals surface area (Å²) in [5, 5.41) is 13.0. The fourth-order valence-electron chi connectivity index (χ4n) is 4.86. The van der Waals surface area contributed by atoms with Crippen LogP contribution in [0.1, 0.15) is 54.6 Å². The van der Waals surface area contributed by atoms with E-state index < -0.39 is 11.5 Å². The van der Waals surface area contributed by atoms with Crippen molar-refractivity contribution in [3.8, 4) is 5.75 Å². The molecule has 2 aromatic rings. The number of rotatable bonds is 7. The van der Waals surface area contributed by atoms with E-state index >= 15 is 0 Å². The first-order valence-corrected chi connectivity index (χ1v) is 12.1. The summed E-state index contributed by atoms with van der Waals surface area (Å²) in [5.41, 5.74) is 0.481. The molecule has 0 radical (unpaired) electrons. The van der Waals surface area contributed by atoms with Crippen molar-refractivity contribution in [3.05, 3.63) is 64.7 Å². The van der Waals surface area contributed by atoms with Crippen molar-refractivity contribution in [3.63, 3.8) is 0 Å². The van der Waals surface area contributed by atoms with E-state index in [-0.39, 0.29) is 23.6 Å². The van der Waals surface area contributed by atoms with Gasteiger partial charge in [-0.15, -0.1) is 0 Å². The van der Waals surface area contributed by atoms with Crippen molar-refractivity contribution in [2.75, 3.05) is 26.3 Å². The SMILES string of the molecule is C[C@H](NC(=O)C1(N2CCC(Oc3cccc(Cl)c3)CC2)CCOCC1)c1ccc(C(=O)O)cc1. The molecule has 4 rings (SSSR count). The van der Waals surface area contributed by atoms with Gasteiger partial charge in [-0.05, 0) is 68.5 Å². The smallest absolute Gasteiger partial charge is 0.335 e. The molecule has 2 N–H and O–H groups in total. The van der Waals surface area contributed by atoms with Crippen molar-refractivity contribution in [1.82, 2.24) is 10.2 Å². The molecule has 0 unspecified atom stereocenters. The molecule has 0 aliphatic carbocycles. The zero-order chi connectivity index (χ0) is 24.1. The first kappa shape index (κ1) is 24.5. The molecular formula is C26H31ClN2O5. The molecule has 34 heavy (non-hydrogen) atoms. The van der Waals surface area contributed by atoms with Crippen LogP contribution in [0.5, 0.6) is 5.75 Å². The van der Waals surface area contributed by atoms with E-state index in [2.05, 4.69) is 10.2 Å². The summed E-state index contributed by atoms with van der Waals surface area (Å²) in [7, 11) is 0. The minimum Gasteiger partial charge on any atom is -0.490 e. The van der Waals surface area contributed by atoms with Crippen LogP contribution in [0.25, 0.3) is 0 Å². The van der Waals surface area contributed by atoms with Gasteiger partial charge in [-0.3, -0.25) is 9.69 Å². The molecular weight excluding hydrogens is 456 g/mol. The van der Waals surface area contributed by atoms with E-state index in [0.29, 0.717) is 31.1 Å². The number of carboxylic acid groups (broad SMARTS) is 1. The predicted molar refractivity (Wildman–Crippen MR) is 129 cm³/mol. The third kappa shape index (κ3) is 5.54. The highest BCUT2D eigenvalue weighted by Gasteiger charge is 2.46. The number of hydrogen-bond acceptors (Lipinski definition) is 5. The van der Waals surface area contributed by atoms with Gasteiger partial charge < -0.3 is 19.9 Å². The van der Waals surface area contributed by atoms with Crippen LogP contribution in [0, 0.1) is 0 Å². The molecule has 8 heteroatoms. The van der Waals surface area contributed by atoms with Crippen LogP contribution in [-0.4, -0.2) is 59.8 Å². The fourth-order valence-corrected chi connectivity index (χ4v) is 5.04. The number of benzene rings is 2. The number of amides is 1. The molecule has 0 aromatic heterocycles. The summed E-state index contributed by atoms with van der Waals surface area (Å²) in [6.07, 6.45) is 3.02. The first-order valence-electron chi connectivity index (χ1n) is 11.8. The molecule has 0 saturated carbocycles. The molecule has 2 aliphatic heterocycles. The highest BCUT2D eigenvalue weighted by Crippen LogP contribution is 2.33. The third-order valence-electron chi connectivity index (χ3n) is 6.89. The normalized spacial score (nSPS) is 19.8. The Labute approximate surface area is 205 Å². The molecule has 1 amide bonds. The minimum absolute atomic E-state index is 0.000166. The van der Waals surface area contributed by atoms with Crippen LogP contribution in [0.15, 0.2) is 48.5 Å². The average molecular weight is 487 g/mol. The zero-order valence-electron chi connectivity index (χ0n) is 19.3. The standard InChI is InChI=1S/C26H31ClN2O5/c1-18(19-5-7-20(8-6-19)24(30)31)28-25(32)26(11-15-33-16-12-26)29-13-9-22(10-14-29)34-23-4-2-3-21(27)17-23/h2-8,17-18,22H,9-16H2,1H3,(H,28,32)(H,30,31)/t18-/m0/s1. The van der Waals surface area contributed by atoms with Crippen LogP contribution in [0.3, 0.4) is 0 Å². The van der Waals surface area contributed by atoms with Crippen molar-refractivity contribution < 1.29 is 24.2 Å². The Morgan fingerprint density at radius 1 is 1.15 bits per heavy atom. The quantitative estimate of drug-likeness (QED) is 0.606. The molecule has 2 fully saturated rings. The van der Waals surface area contributed by atoms with E-state index in [9.17, 15) is 9.59 Å². The summed E-state index contributed by atoms with van der Waals surface area (Å²) in [4.78, 5) is 27.1. The molecule has 0 spiro atoms. The summed E-state index contributed by atoms with van der Waals surface area (Å²) in [5.74, 6) is -0.195. The second-order valence-corrected chi connectivity index (χ2v) is 9.46. The van der Waals surface area contributed by atoms with Crippen molar-refractivity contribution >= 4 is 23.5 Å². The Hall–Kier alpha value is -2.61. The molecule has 182 valence electrons. The minimum atomic E-state index is -0.966. The maximum atomic E-state index is 13.6. The molecule has 0 bridgehead atoms. The van der Waals surface area contributed by atoms with E-state index in [0.717, 1.165) is 37.2 Å². The third-order valence-corrected chi connectivity index (χ3v) is 7.13. The van der Waals surface area contributed by atoms with Gasteiger partial charge in [0.2, 0.25) is 5.91 Å². The van der Waals surface area contributed by atoms with Gasteiger partial charge in [0, 0.05) is 31.3 Å². The van der Waals surface area contributed by atoms with E-state index in [1.165, 1.54) is 0 Å². The van der Waals surface area contributed by atoms with Gasteiger partial charge in [0.05, 0.1) is 11.6 Å². The summed E-state index contributed by atoms with van der Waals surface area (Å²) in [6.45, 7) is 4.55. The van der Waals surface area contributed by atoms with Crippen LogP contribution in [-0.2, 0) is 9.53 Å². The number of hydrogen-bond donors (Lipinski definition) is 2. The lowest BCUT2D eigenvalue weighted by molar-refractivity contribution is -0.143. The molecule has 2 saturated heterocycles. The van der Waals surface area contributed by atoms with Gasteiger partial charge >= 0.3 is 5.97 Å². The van der Waals surface area contributed by atoms with Crippen LogP contribution in [0.2, 0.25) is 5.02 Å². The zero-order valence-corrected chi connectivity index (χ0v) is 20.1. The van der Waals surface area contributed by atoms with Crippen LogP contribution >= 0.6 is 11.6 Å². The Morgan fingerprint density at radius 2 is 1.82 bits per heavy atom. The van der Waals surface area contributed by atoms with Gasteiger partial charge in [-0.25, -0.2) is 4.79 Å². The number of likely N-dealkylation sites (tertiary alicyclic amines) is 1. The number of carbonyl (C=O) groups is 2. The van der Waals surface area contributed by atoms with Gasteiger partial charge in [-0.2, -0.15) is 0 Å².